The van der Waals surface area contributed by atoms with Gasteiger partial charge in [-0.2, -0.15) is 0 Å². The van der Waals surface area contributed by atoms with Crippen LogP contribution >= 0.6 is 11.6 Å². The van der Waals surface area contributed by atoms with E-state index in [0.717, 1.165) is 31.5 Å². The molecule has 7 heteroatoms. The van der Waals surface area contributed by atoms with Crippen molar-refractivity contribution in [3.05, 3.63) is 58.6 Å². The van der Waals surface area contributed by atoms with Gasteiger partial charge in [0.1, 0.15) is 13.2 Å². The molecule has 1 amide bonds. The van der Waals surface area contributed by atoms with Gasteiger partial charge in [0, 0.05) is 35.9 Å². The number of hydrogen-bond acceptors (Lipinski definition) is 4. The summed E-state index contributed by atoms with van der Waals surface area (Å²) in [5.74, 6) is 1.50. The SMILES string of the molecule is O=C(C[NH+]1CCC(C(=O)c2ccc3c(c2)OCCO3)CC1)NCc1cccc(Cl)c1. The predicted octanol–water partition coefficient (Wildman–Crippen LogP) is 1.91. The number of nitrogens with one attached hydrogen (secondary N) is 2. The average molecular weight is 430 g/mol. The van der Waals surface area contributed by atoms with Crippen LogP contribution in [0.25, 0.3) is 0 Å². The minimum absolute atomic E-state index is 0.00849. The van der Waals surface area contributed by atoms with Crippen LogP contribution in [0.4, 0.5) is 0 Å². The van der Waals surface area contributed by atoms with Crippen molar-refractivity contribution in [3.63, 3.8) is 0 Å². The lowest BCUT2D eigenvalue weighted by Gasteiger charge is -2.28. The highest BCUT2D eigenvalue weighted by Crippen LogP contribution is 2.32. The lowest BCUT2D eigenvalue weighted by molar-refractivity contribution is -0.897. The lowest BCUT2D eigenvalue weighted by Crippen LogP contribution is -3.14. The number of carbonyl (C=O) groups is 2. The molecule has 0 spiro atoms. The van der Waals surface area contributed by atoms with Gasteiger partial charge < -0.3 is 19.7 Å². The summed E-state index contributed by atoms with van der Waals surface area (Å²) >= 11 is 5.98. The molecule has 0 atom stereocenters. The smallest absolute Gasteiger partial charge is 0.275 e. The van der Waals surface area contributed by atoms with E-state index in [1.54, 1.807) is 6.07 Å². The molecule has 0 radical (unpaired) electrons. The van der Waals surface area contributed by atoms with Crippen molar-refractivity contribution in [1.29, 1.82) is 0 Å². The van der Waals surface area contributed by atoms with E-state index in [9.17, 15) is 9.59 Å². The Balaban J connectivity index is 1.24. The van der Waals surface area contributed by atoms with Gasteiger partial charge in [-0.25, -0.2) is 0 Å². The molecule has 2 aromatic rings. The summed E-state index contributed by atoms with van der Waals surface area (Å²) in [5, 5.41) is 3.62. The summed E-state index contributed by atoms with van der Waals surface area (Å²) in [6.07, 6.45) is 1.56. The Hall–Kier alpha value is -2.57. The van der Waals surface area contributed by atoms with Crippen LogP contribution in [-0.4, -0.2) is 44.5 Å². The Bertz CT molecular complexity index is 925. The number of piperidine rings is 1. The highest BCUT2D eigenvalue weighted by atomic mass is 35.5. The van der Waals surface area contributed by atoms with Gasteiger partial charge in [0.2, 0.25) is 0 Å². The Morgan fingerprint density at radius 1 is 1.03 bits per heavy atom. The first-order valence-electron chi connectivity index (χ1n) is 10.4. The van der Waals surface area contributed by atoms with Crippen LogP contribution in [0.1, 0.15) is 28.8 Å². The van der Waals surface area contributed by atoms with Gasteiger partial charge in [-0.1, -0.05) is 23.7 Å². The van der Waals surface area contributed by atoms with Crippen LogP contribution in [-0.2, 0) is 11.3 Å². The van der Waals surface area contributed by atoms with E-state index in [2.05, 4.69) is 5.32 Å². The number of ketones is 1. The summed E-state index contributed by atoms with van der Waals surface area (Å²) < 4.78 is 11.1. The maximum atomic E-state index is 12.9. The summed E-state index contributed by atoms with van der Waals surface area (Å²) in [7, 11) is 0. The topological polar surface area (TPSA) is 69.1 Å². The van der Waals surface area contributed by atoms with Crippen molar-refractivity contribution in [2.75, 3.05) is 32.8 Å². The fraction of sp³-hybridized carbons (Fsp3) is 0.391. The van der Waals surface area contributed by atoms with E-state index in [4.69, 9.17) is 21.1 Å². The van der Waals surface area contributed by atoms with Crippen LogP contribution in [0.5, 0.6) is 11.5 Å². The third kappa shape index (κ3) is 5.12. The molecule has 0 unspecified atom stereocenters. The van der Waals surface area contributed by atoms with Crippen molar-refractivity contribution in [2.24, 2.45) is 5.92 Å². The van der Waals surface area contributed by atoms with E-state index in [0.29, 0.717) is 48.4 Å². The van der Waals surface area contributed by atoms with Crippen molar-refractivity contribution >= 4 is 23.3 Å². The monoisotopic (exact) mass is 429 g/mol. The number of quaternary nitrogens is 1. The molecule has 2 N–H and O–H groups in total. The molecule has 4 rings (SSSR count). The molecule has 2 heterocycles. The predicted molar refractivity (Wildman–Crippen MR) is 113 cm³/mol. The van der Waals surface area contributed by atoms with E-state index in [-0.39, 0.29) is 17.6 Å². The number of likely N-dealkylation sites (tertiary alicyclic amines) is 1. The van der Waals surface area contributed by atoms with Crippen molar-refractivity contribution in [2.45, 2.75) is 19.4 Å². The van der Waals surface area contributed by atoms with E-state index in [1.165, 1.54) is 4.90 Å². The number of halogens is 1. The third-order valence-electron chi connectivity index (χ3n) is 5.68. The van der Waals surface area contributed by atoms with Gasteiger partial charge in [-0.3, -0.25) is 9.59 Å². The fourth-order valence-corrected chi connectivity index (χ4v) is 4.25. The van der Waals surface area contributed by atoms with Gasteiger partial charge in [-0.15, -0.1) is 0 Å². The van der Waals surface area contributed by atoms with E-state index < -0.39 is 0 Å². The summed E-state index contributed by atoms with van der Waals surface area (Å²) in [5.41, 5.74) is 1.65. The second-order valence-electron chi connectivity index (χ2n) is 7.83. The molecular weight excluding hydrogens is 404 g/mol. The maximum absolute atomic E-state index is 12.9. The Morgan fingerprint density at radius 3 is 2.57 bits per heavy atom. The van der Waals surface area contributed by atoms with Crippen molar-refractivity contribution in [1.82, 2.24) is 5.32 Å². The first-order chi connectivity index (χ1) is 14.6. The molecule has 158 valence electrons. The molecule has 0 aliphatic carbocycles. The zero-order chi connectivity index (χ0) is 20.9. The molecule has 30 heavy (non-hydrogen) atoms. The minimum atomic E-state index is -0.00849. The molecule has 0 aromatic heterocycles. The number of amides is 1. The van der Waals surface area contributed by atoms with Gasteiger partial charge in [0.15, 0.2) is 23.8 Å². The van der Waals surface area contributed by atoms with Crippen LogP contribution in [0, 0.1) is 5.92 Å². The van der Waals surface area contributed by atoms with Crippen LogP contribution < -0.4 is 19.7 Å². The molecule has 0 bridgehead atoms. The van der Waals surface area contributed by atoms with Gasteiger partial charge in [-0.05, 0) is 35.9 Å². The van der Waals surface area contributed by atoms with E-state index >= 15 is 0 Å². The Morgan fingerprint density at radius 2 is 1.80 bits per heavy atom. The molecular formula is C23H26ClN2O4+. The quantitative estimate of drug-likeness (QED) is 0.688. The van der Waals surface area contributed by atoms with Gasteiger partial charge in [0.25, 0.3) is 5.91 Å². The van der Waals surface area contributed by atoms with Crippen LogP contribution in [0.3, 0.4) is 0 Å². The molecule has 0 saturated carbocycles. The number of benzene rings is 2. The number of ether oxygens (including phenoxy) is 2. The summed E-state index contributed by atoms with van der Waals surface area (Å²) in [6.45, 7) is 3.56. The summed E-state index contributed by atoms with van der Waals surface area (Å²) in [4.78, 5) is 26.4. The number of fused-ring (bicyclic) bond motifs is 1. The lowest BCUT2D eigenvalue weighted by atomic mass is 9.88. The molecule has 2 aromatic carbocycles. The highest BCUT2D eigenvalue weighted by Gasteiger charge is 2.29. The number of rotatable bonds is 6. The zero-order valence-corrected chi connectivity index (χ0v) is 17.5. The standard InChI is InChI=1S/C23H25ClN2O4/c24-19-3-1-2-16(12-19)14-25-22(27)15-26-8-6-17(7-9-26)23(28)18-4-5-20-21(13-18)30-11-10-29-20/h1-5,12-13,17H,6-11,14-15H2,(H,25,27)/p+1. The number of carbonyl (C=O) groups excluding carboxylic acids is 2. The molecule has 6 nitrogen and oxygen atoms in total. The Labute approximate surface area is 181 Å². The van der Waals surface area contributed by atoms with Crippen LogP contribution in [0.15, 0.2) is 42.5 Å². The van der Waals surface area contributed by atoms with Gasteiger partial charge in [0.05, 0.1) is 13.1 Å². The maximum Gasteiger partial charge on any atom is 0.275 e. The van der Waals surface area contributed by atoms with E-state index in [1.807, 2.05) is 36.4 Å². The summed E-state index contributed by atoms with van der Waals surface area (Å²) in [6, 6.07) is 12.9. The Kier molecular flexibility index (Phi) is 6.55. The molecule has 2 aliphatic heterocycles. The zero-order valence-electron chi connectivity index (χ0n) is 16.8. The molecule has 1 saturated heterocycles. The van der Waals surface area contributed by atoms with Crippen molar-refractivity contribution < 1.29 is 24.0 Å². The number of hydrogen-bond donors (Lipinski definition) is 2. The first-order valence-corrected chi connectivity index (χ1v) is 10.7. The number of Topliss-reactive ketones (excluding diaryl/α,β-unsaturated/α-hetero) is 1. The molecule has 1 fully saturated rings. The first kappa shape index (κ1) is 20.7. The van der Waals surface area contributed by atoms with Crippen LogP contribution in [0.2, 0.25) is 5.02 Å². The second-order valence-corrected chi connectivity index (χ2v) is 8.27. The van der Waals surface area contributed by atoms with Crippen molar-refractivity contribution in [3.8, 4) is 11.5 Å². The fourth-order valence-electron chi connectivity index (χ4n) is 4.03. The normalized spacial score (nSPS) is 20.4. The minimum Gasteiger partial charge on any atom is -0.486 e. The van der Waals surface area contributed by atoms with Gasteiger partial charge >= 0.3 is 0 Å². The second kappa shape index (κ2) is 9.49. The largest absolute Gasteiger partial charge is 0.486 e. The average Bonchev–Trinajstić information content (AvgIpc) is 2.77. The molecule has 2 aliphatic rings. The third-order valence-corrected chi connectivity index (χ3v) is 5.91. The highest BCUT2D eigenvalue weighted by molar-refractivity contribution is 6.30.